The van der Waals surface area contributed by atoms with Crippen LogP contribution in [0.3, 0.4) is 0 Å². The molecule has 0 bridgehead atoms. The van der Waals surface area contributed by atoms with E-state index in [0.29, 0.717) is 19.4 Å². The van der Waals surface area contributed by atoms with Gasteiger partial charge in [-0.15, -0.1) is 0 Å². The predicted octanol–water partition coefficient (Wildman–Crippen LogP) is -0.0158. The van der Waals surface area contributed by atoms with E-state index in [1.165, 1.54) is 6.26 Å². The lowest BCUT2D eigenvalue weighted by molar-refractivity contribution is -0.141. The standard InChI is InChI=1S/C7H12O4S/c1-12(9,10)5-3-6-2-4-11-7(6)8/h6H,2-5H2,1H3. The number of carbonyl (C=O) groups excluding carboxylic acids is 1. The molecule has 1 fully saturated rings. The molecule has 1 aliphatic rings. The number of hydrogen-bond acceptors (Lipinski definition) is 4. The first kappa shape index (κ1) is 9.51. The number of ether oxygens (including phenoxy) is 1. The molecule has 1 heterocycles. The van der Waals surface area contributed by atoms with Crippen LogP contribution in [0.2, 0.25) is 0 Å². The highest BCUT2D eigenvalue weighted by atomic mass is 32.2. The van der Waals surface area contributed by atoms with Crippen molar-refractivity contribution in [3.05, 3.63) is 0 Å². The third kappa shape index (κ3) is 2.81. The normalized spacial score (nSPS) is 24.1. The van der Waals surface area contributed by atoms with Crippen LogP contribution in [0.5, 0.6) is 0 Å². The van der Waals surface area contributed by atoms with Gasteiger partial charge in [-0.25, -0.2) is 8.42 Å². The van der Waals surface area contributed by atoms with Gasteiger partial charge in [0.25, 0.3) is 0 Å². The molecule has 0 saturated carbocycles. The van der Waals surface area contributed by atoms with Crippen LogP contribution in [-0.2, 0) is 19.4 Å². The molecule has 0 amide bonds. The Bertz CT molecular complexity index is 267. The van der Waals surface area contributed by atoms with Crippen molar-refractivity contribution in [3.8, 4) is 0 Å². The van der Waals surface area contributed by atoms with E-state index in [4.69, 9.17) is 4.74 Å². The van der Waals surface area contributed by atoms with Gasteiger partial charge in [0.15, 0.2) is 0 Å². The Morgan fingerprint density at radius 3 is 2.67 bits per heavy atom. The minimum Gasteiger partial charge on any atom is -0.465 e. The summed E-state index contributed by atoms with van der Waals surface area (Å²) in [7, 11) is -2.94. The number of hydrogen-bond donors (Lipinski definition) is 0. The number of esters is 1. The molecule has 1 saturated heterocycles. The van der Waals surface area contributed by atoms with Crippen LogP contribution >= 0.6 is 0 Å². The molecule has 5 heteroatoms. The highest BCUT2D eigenvalue weighted by Gasteiger charge is 2.26. The zero-order chi connectivity index (χ0) is 9.19. The lowest BCUT2D eigenvalue weighted by Crippen LogP contribution is -2.13. The molecular formula is C7H12O4S. The number of carbonyl (C=O) groups is 1. The van der Waals surface area contributed by atoms with Crippen molar-refractivity contribution >= 4 is 15.8 Å². The van der Waals surface area contributed by atoms with Crippen LogP contribution in [0.1, 0.15) is 12.8 Å². The lowest BCUT2D eigenvalue weighted by atomic mass is 10.1. The maximum Gasteiger partial charge on any atom is 0.309 e. The summed E-state index contributed by atoms with van der Waals surface area (Å²) in [5.41, 5.74) is 0. The first-order chi connectivity index (χ1) is 5.49. The lowest BCUT2D eigenvalue weighted by Gasteiger charge is -2.02. The molecule has 0 aromatic heterocycles. The summed E-state index contributed by atoms with van der Waals surface area (Å²) >= 11 is 0. The highest BCUT2D eigenvalue weighted by Crippen LogP contribution is 2.18. The van der Waals surface area contributed by atoms with Crippen molar-refractivity contribution in [1.29, 1.82) is 0 Å². The SMILES string of the molecule is CS(=O)(=O)CCC1CCOC1=O. The molecule has 0 spiro atoms. The zero-order valence-electron chi connectivity index (χ0n) is 6.95. The quantitative estimate of drug-likeness (QED) is 0.590. The summed E-state index contributed by atoms with van der Waals surface area (Å²) in [6, 6.07) is 0. The van der Waals surface area contributed by atoms with E-state index in [-0.39, 0.29) is 17.6 Å². The fourth-order valence-corrected chi connectivity index (χ4v) is 1.87. The topological polar surface area (TPSA) is 60.4 Å². The van der Waals surface area contributed by atoms with Crippen LogP contribution in [0, 0.1) is 5.92 Å². The number of cyclic esters (lactones) is 1. The molecule has 0 aromatic rings. The van der Waals surface area contributed by atoms with Gasteiger partial charge < -0.3 is 4.74 Å². The van der Waals surface area contributed by atoms with Crippen molar-refractivity contribution in [3.63, 3.8) is 0 Å². The van der Waals surface area contributed by atoms with E-state index in [9.17, 15) is 13.2 Å². The highest BCUT2D eigenvalue weighted by molar-refractivity contribution is 7.90. The third-order valence-electron chi connectivity index (χ3n) is 1.88. The average molecular weight is 192 g/mol. The van der Waals surface area contributed by atoms with Gasteiger partial charge in [0.2, 0.25) is 0 Å². The van der Waals surface area contributed by atoms with Crippen LogP contribution in [0.15, 0.2) is 0 Å². The Kier molecular flexibility index (Phi) is 2.72. The van der Waals surface area contributed by atoms with E-state index in [1.807, 2.05) is 0 Å². The van der Waals surface area contributed by atoms with Crippen molar-refractivity contribution < 1.29 is 17.9 Å². The van der Waals surface area contributed by atoms with E-state index in [0.717, 1.165) is 0 Å². The minimum absolute atomic E-state index is 0.0762. The Labute approximate surface area is 71.8 Å². The van der Waals surface area contributed by atoms with Gasteiger partial charge in [-0.3, -0.25) is 4.79 Å². The smallest absolute Gasteiger partial charge is 0.309 e. The summed E-state index contributed by atoms with van der Waals surface area (Å²) in [5.74, 6) is -0.370. The molecule has 70 valence electrons. The molecule has 1 atom stereocenters. The third-order valence-corrected chi connectivity index (χ3v) is 2.86. The van der Waals surface area contributed by atoms with Crippen molar-refractivity contribution in [2.24, 2.45) is 5.92 Å². The zero-order valence-corrected chi connectivity index (χ0v) is 7.76. The molecule has 1 unspecified atom stereocenters. The minimum atomic E-state index is -2.94. The molecule has 0 N–H and O–H groups in total. The Morgan fingerprint density at radius 2 is 2.25 bits per heavy atom. The fraction of sp³-hybridized carbons (Fsp3) is 0.857. The fourth-order valence-electron chi connectivity index (χ4n) is 1.16. The predicted molar refractivity (Wildman–Crippen MR) is 43.4 cm³/mol. The van der Waals surface area contributed by atoms with Gasteiger partial charge in [0, 0.05) is 6.26 Å². The molecule has 0 aromatic carbocycles. The van der Waals surface area contributed by atoms with Gasteiger partial charge in [-0.1, -0.05) is 0 Å². The second-order valence-corrected chi connectivity index (χ2v) is 5.33. The van der Waals surface area contributed by atoms with Crippen LogP contribution in [0.4, 0.5) is 0 Å². The van der Waals surface area contributed by atoms with E-state index < -0.39 is 9.84 Å². The summed E-state index contributed by atoms with van der Waals surface area (Å²) in [5, 5.41) is 0. The number of sulfone groups is 1. The number of rotatable bonds is 3. The second-order valence-electron chi connectivity index (χ2n) is 3.07. The van der Waals surface area contributed by atoms with Crippen LogP contribution < -0.4 is 0 Å². The monoisotopic (exact) mass is 192 g/mol. The maximum atomic E-state index is 10.9. The molecular weight excluding hydrogens is 180 g/mol. The summed E-state index contributed by atoms with van der Waals surface area (Å²) in [6.45, 7) is 0.438. The molecule has 1 rings (SSSR count). The Hall–Kier alpha value is -0.580. The summed E-state index contributed by atoms with van der Waals surface area (Å²) < 4.78 is 26.2. The first-order valence-corrected chi connectivity index (χ1v) is 5.89. The first-order valence-electron chi connectivity index (χ1n) is 3.83. The van der Waals surface area contributed by atoms with Crippen molar-refractivity contribution in [2.75, 3.05) is 18.6 Å². The average Bonchev–Trinajstić information content (AvgIpc) is 2.29. The van der Waals surface area contributed by atoms with Gasteiger partial charge in [-0.2, -0.15) is 0 Å². The molecule has 12 heavy (non-hydrogen) atoms. The van der Waals surface area contributed by atoms with Crippen LogP contribution in [0.25, 0.3) is 0 Å². The van der Waals surface area contributed by atoms with E-state index in [1.54, 1.807) is 0 Å². The summed E-state index contributed by atoms with van der Waals surface area (Å²) in [4.78, 5) is 10.9. The second kappa shape index (κ2) is 3.43. The van der Waals surface area contributed by atoms with E-state index >= 15 is 0 Å². The van der Waals surface area contributed by atoms with Gasteiger partial charge in [0.1, 0.15) is 9.84 Å². The van der Waals surface area contributed by atoms with Crippen molar-refractivity contribution in [1.82, 2.24) is 0 Å². The van der Waals surface area contributed by atoms with Crippen LogP contribution in [-0.4, -0.2) is 33.0 Å². The van der Waals surface area contributed by atoms with Crippen molar-refractivity contribution in [2.45, 2.75) is 12.8 Å². The van der Waals surface area contributed by atoms with Gasteiger partial charge in [0.05, 0.1) is 18.3 Å². The Morgan fingerprint density at radius 1 is 1.58 bits per heavy atom. The van der Waals surface area contributed by atoms with E-state index in [2.05, 4.69) is 0 Å². The van der Waals surface area contributed by atoms with Gasteiger partial charge >= 0.3 is 5.97 Å². The molecule has 4 nitrogen and oxygen atoms in total. The van der Waals surface area contributed by atoms with Gasteiger partial charge in [-0.05, 0) is 12.8 Å². The molecule has 0 radical (unpaired) electrons. The largest absolute Gasteiger partial charge is 0.465 e. The molecule has 1 aliphatic heterocycles. The molecule has 0 aliphatic carbocycles. The Balaban J connectivity index is 2.37. The summed E-state index contributed by atoms with van der Waals surface area (Å²) in [6.07, 6.45) is 2.24. The maximum absolute atomic E-state index is 10.9.